The highest BCUT2D eigenvalue weighted by molar-refractivity contribution is 5.88. The molecule has 0 aromatic heterocycles. The van der Waals surface area contributed by atoms with Crippen molar-refractivity contribution in [2.24, 2.45) is 11.8 Å². The molecule has 1 heterocycles. The van der Waals surface area contributed by atoms with Gasteiger partial charge >= 0.3 is 5.97 Å². The molecule has 7 heteroatoms. The largest absolute Gasteiger partial charge is 0.455 e. The number of nitriles is 1. The van der Waals surface area contributed by atoms with Crippen LogP contribution in [0, 0.1) is 23.2 Å². The molecule has 150 valence electrons. The minimum absolute atomic E-state index is 0.0690. The van der Waals surface area contributed by atoms with Gasteiger partial charge in [-0.15, -0.1) is 0 Å². The van der Waals surface area contributed by atoms with E-state index >= 15 is 0 Å². The summed E-state index contributed by atoms with van der Waals surface area (Å²) in [6.07, 6.45) is 0.0690. The molecule has 1 fully saturated rings. The maximum Gasteiger partial charge on any atom is 0.311 e. The second-order valence-corrected chi connectivity index (χ2v) is 7.66. The molecule has 0 radical (unpaired) electrons. The van der Waals surface area contributed by atoms with E-state index in [1.807, 2.05) is 51.1 Å². The number of nitrogens with one attached hydrogen (secondary N) is 1. The number of ether oxygens (including phenoxy) is 1. The molecule has 1 aliphatic rings. The van der Waals surface area contributed by atoms with Gasteiger partial charge in [0.2, 0.25) is 5.91 Å². The van der Waals surface area contributed by atoms with Gasteiger partial charge in [0.15, 0.2) is 6.61 Å². The van der Waals surface area contributed by atoms with Crippen LogP contribution in [-0.2, 0) is 19.1 Å². The Morgan fingerprint density at radius 2 is 1.96 bits per heavy atom. The molecule has 0 spiro atoms. The Morgan fingerprint density at radius 3 is 2.54 bits per heavy atom. The summed E-state index contributed by atoms with van der Waals surface area (Å²) in [4.78, 5) is 38.4. The van der Waals surface area contributed by atoms with Crippen molar-refractivity contribution in [1.29, 1.82) is 5.26 Å². The summed E-state index contributed by atoms with van der Waals surface area (Å²) in [7, 11) is 0. The van der Waals surface area contributed by atoms with Crippen LogP contribution in [0.15, 0.2) is 30.3 Å². The fourth-order valence-corrected chi connectivity index (χ4v) is 3.06. The van der Waals surface area contributed by atoms with E-state index in [-0.39, 0.29) is 30.8 Å². The van der Waals surface area contributed by atoms with Crippen molar-refractivity contribution >= 4 is 17.8 Å². The van der Waals surface area contributed by atoms with Gasteiger partial charge in [0.05, 0.1) is 18.0 Å². The van der Waals surface area contributed by atoms with E-state index < -0.39 is 29.9 Å². The van der Waals surface area contributed by atoms with E-state index in [4.69, 9.17) is 4.74 Å². The molecule has 1 aromatic rings. The topological polar surface area (TPSA) is 99.5 Å². The van der Waals surface area contributed by atoms with Gasteiger partial charge in [0, 0.05) is 13.0 Å². The molecular weight excluding hydrogens is 358 g/mol. The predicted octanol–water partition coefficient (Wildman–Crippen LogP) is 2.19. The molecule has 3 atom stereocenters. The monoisotopic (exact) mass is 385 g/mol. The highest BCUT2D eigenvalue weighted by atomic mass is 16.5. The second-order valence-electron chi connectivity index (χ2n) is 7.66. The number of hydrogen-bond donors (Lipinski definition) is 1. The zero-order chi connectivity index (χ0) is 20.9. The average Bonchev–Trinajstić information content (AvgIpc) is 3.07. The van der Waals surface area contributed by atoms with Crippen LogP contribution in [0.25, 0.3) is 0 Å². The van der Waals surface area contributed by atoms with E-state index in [0.29, 0.717) is 0 Å². The third-order valence-electron chi connectivity index (χ3n) is 5.37. The fourth-order valence-electron chi connectivity index (χ4n) is 3.06. The van der Waals surface area contributed by atoms with Crippen LogP contribution in [0.2, 0.25) is 0 Å². The lowest BCUT2D eigenvalue weighted by Crippen LogP contribution is -2.50. The number of benzene rings is 1. The zero-order valence-corrected chi connectivity index (χ0v) is 16.8. The number of nitrogens with zero attached hydrogens (tertiary/aromatic N) is 2. The summed E-state index contributed by atoms with van der Waals surface area (Å²) >= 11 is 0. The van der Waals surface area contributed by atoms with Crippen LogP contribution >= 0.6 is 0 Å². The first-order chi connectivity index (χ1) is 13.2. The molecule has 2 amide bonds. The molecule has 1 N–H and O–H groups in total. The van der Waals surface area contributed by atoms with Gasteiger partial charge in [-0.3, -0.25) is 14.4 Å². The van der Waals surface area contributed by atoms with Crippen molar-refractivity contribution in [3.63, 3.8) is 0 Å². The highest BCUT2D eigenvalue weighted by Gasteiger charge is 2.38. The Kier molecular flexibility index (Phi) is 6.79. The van der Waals surface area contributed by atoms with E-state index in [1.54, 1.807) is 11.8 Å². The van der Waals surface area contributed by atoms with Crippen molar-refractivity contribution in [2.75, 3.05) is 13.2 Å². The summed E-state index contributed by atoms with van der Waals surface area (Å²) in [5.41, 5.74) is -0.0388. The molecule has 28 heavy (non-hydrogen) atoms. The number of amides is 2. The van der Waals surface area contributed by atoms with Gasteiger partial charge < -0.3 is 15.0 Å². The third-order valence-corrected chi connectivity index (χ3v) is 5.37. The van der Waals surface area contributed by atoms with E-state index in [0.717, 1.165) is 5.56 Å². The van der Waals surface area contributed by atoms with Gasteiger partial charge in [-0.25, -0.2) is 0 Å². The van der Waals surface area contributed by atoms with E-state index in [9.17, 15) is 19.6 Å². The number of carbonyl (C=O) groups excluding carboxylic acids is 3. The van der Waals surface area contributed by atoms with Gasteiger partial charge in [-0.05, 0) is 25.3 Å². The lowest BCUT2D eigenvalue weighted by Gasteiger charge is -2.27. The number of esters is 1. The van der Waals surface area contributed by atoms with Crippen molar-refractivity contribution in [1.82, 2.24) is 10.2 Å². The molecule has 2 rings (SSSR count). The smallest absolute Gasteiger partial charge is 0.311 e. The average molecular weight is 385 g/mol. The minimum Gasteiger partial charge on any atom is -0.455 e. The van der Waals surface area contributed by atoms with Gasteiger partial charge in [-0.2, -0.15) is 5.26 Å². The molecule has 0 aliphatic carbocycles. The lowest BCUT2D eigenvalue weighted by molar-refractivity contribution is -0.152. The quantitative estimate of drug-likeness (QED) is 0.725. The maximum atomic E-state index is 12.3. The normalized spacial score (nSPS) is 19.6. The van der Waals surface area contributed by atoms with E-state index in [1.165, 1.54) is 0 Å². The summed E-state index contributed by atoms with van der Waals surface area (Å²) in [6.45, 7) is 6.97. The number of carbonyl (C=O) groups is 3. The fraction of sp³-hybridized carbons (Fsp3) is 0.524. The first-order valence-electron chi connectivity index (χ1n) is 9.41. The zero-order valence-electron chi connectivity index (χ0n) is 16.8. The third kappa shape index (κ3) is 4.89. The first kappa shape index (κ1) is 21.4. The number of hydrogen-bond acceptors (Lipinski definition) is 5. The van der Waals surface area contributed by atoms with Crippen molar-refractivity contribution < 1.29 is 19.1 Å². The molecule has 1 aromatic carbocycles. The SMILES string of the molecule is CC(C)[C@](C)(C#N)NC(=O)COC(=O)[C@H]1CC(=O)N([C@@H](C)c2ccccc2)C1. The van der Waals surface area contributed by atoms with Crippen LogP contribution in [0.4, 0.5) is 0 Å². The summed E-state index contributed by atoms with van der Waals surface area (Å²) in [5, 5.41) is 11.8. The Morgan fingerprint density at radius 1 is 1.32 bits per heavy atom. The van der Waals surface area contributed by atoms with Crippen molar-refractivity contribution in [3.05, 3.63) is 35.9 Å². The van der Waals surface area contributed by atoms with Crippen LogP contribution in [0.1, 0.15) is 45.7 Å². The van der Waals surface area contributed by atoms with Crippen molar-refractivity contribution in [3.8, 4) is 6.07 Å². The first-order valence-corrected chi connectivity index (χ1v) is 9.41. The molecule has 7 nitrogen and oxygen atoms in total. The van der Waals surface area contributed by atoms with E-state index in [2.05, 4.69) is 11.4 Å². The molecule has 1 saturated heterocycles. The lowest BCUT2D eigenvalue weighted by atomic mass is 9.90. The Balaban J connectivity index is 1.89. The number of likely N-dealkylation sites (tertiary alicyclic amines) is 1. The Bertz CT molecular complexity index is 772. The van der Waals surface area contributed by atoms with Gasteiger partial charge in [0.1, 0.15) is 5.54 Å². The van der Waals surface area contributed by atoms with Crippen LogP contribution < -0.4 is 5.32 Å². The second kappa shape index (κ2) is 8.87. The highest BCUT2D eigenvalue weighted by Crippen LogP contribution is 2.29. The maximum absolute atomic E-state index is 12.3. The van der Waals surface area contributed by atoms with Crippen LogP contribution in [0.3, 0.4) is 0 Å². The van der Waals surface area contributed by atoms with Crippen molar-refractivity contribution in [2.45, 2.75) is 45.7 Å². The Hall–Kier alpha value is -2.88. The standard InChI is InChI=1S/C21H27N3O4/c1-14(2)21(4,13-22)23-18(25)12-28-20(27)17-10-19(26)24(11-17)15(3)16-8-6-5-7-9-16/h5-9,14-15,17H,10-12H2,1-4H3,(H,23,25)/t15-,17-,21-/m0/s1. The summed E-state index contributed by atoms with van der Waals surface area (Å²) in [6, 6.07) is 11.5. The summed E-state index contributed by atoms with van der Waals surface area (Å²) in [5.74, 6) is -1.92. The van der Waals surface area contributed by atoms with Crippen LogP contribution in [-0.4, -0.2) is 41.4 Å². The Labute approximate surface area is 165 Å². The minimum atomic E-state index is -1.03. The predicted molar refractivity (Wildman–Crippen MR) is 103 cm³/mol. The summed E-state index contributed by atoms with van der Waals surface area (Å²) < 4.78 is 5.10. The molecule has 0 saturated carbocycles. The number of rotatable bonds is 7. The molecule has 0 bridgehead atoms. The molecular formula is C21H27N3O4. The van der Waals surface area contributed by atoms with Gasteiger partial charge in [-0.1, -0.05) is 44.2 Å². The van der Waals surface area contributed by atoms with Crippen LogP contribution in [0.5, 0.6) is 0 Å². The molecule has 1 aliphatic heterocycles. The van der Waals surface area contributed by atoms with Gasteiger partial charge in [0.25, 0.3) is 5.91 Å². The molecule has 0 unspecified atom stereocenters.